The van der Waals surface area contributed by atoms with Crippen molar-refractivity contribution < 1.29 is 13.2 Å². The van der Waals surface area contributed by atoms with Crippen molar-refractivity contribution in [1.29, 1.82) is 0 Å². The van der Waals surface area contributed by atoms with E-state index in [9.17, 15) is 13.2 Å². The fraction of sp³-hybridized carbons (Fsp3) is 0.667. The normalized spacial score (nSPS) is 22.6. The van der Waals surface area contributed by atoms with Gasteiger partial charge in [-0.2, -0.15) is 0 Å². The molecular weight excluding hydrogens is 374 g/mol. The summed E-state index contributed by atoms with van der Waals surface area (Å²) in [4.78, 5) is 14.3. The lowest BCUT2D eigenvalue weighted by atomic mass is 9.88. The van der Waals surface area contributed by atoms with Crippen LogP contribution < -0.4 is 10.0 Å². The summed E-state index contributed by atoms with van der Waals surface area (Å²) in [7, 11) is -3.53. The van der Waals surface area contributed by atoms with Gasteiger partial charge in [-0.25, -0.2) is 13.1 Å². The second-order valence-electron chi connectivity index (χ2n) is 8.57. The maximum Gasteiger partial charge on any atom is 0.240 e. The van der Waals surface area contributed by atoms with Crippen LogP contribution in [-0.2, 0) is 21.2 Å². The van der Waals surface area contributed by atoms with Crippen LogP contribution in [0.5, 0.6) is 0 Å². The first-order chi connectivity index (χ1) is 13.5. The van der Waals surface area contributed by atoms with Crippen molar-refractivity contribution in [1.82, 2.24) is 9.62 Å². The molecule has 1 amide bonds. The number of benzene rings is 1. The number of nitrogens with one attached hydrogen (secondary N) is 2. The molecule has 1 aromatic carbocycles. The lowest BCUT2D eigenvalue weighted by molar-refractivity contribution is -0.116. The van der Waals surface area contributed by atoms with E-state index in [1.807, 2.05) is 0 Å². The van der Waals surface area contributed by atoms with E-state index < -0.39 is 10.0 Å². The minimum atomic E-state index is -3.53. The van der Waals surface area contributed by atoms with E-state index >= 15 is 0 Å². The topological polar surface area (TPSA) is 78.5 Å². The minimum Gasteiger partial charge on any atom is -0.326 e. The third-order valence-electron chi connectivity index (χ3n) is 6.43. The van der Waals surface area contributed by atoms with Gasteiger partial charge < -0.3 is 10.2 Å². The molecule has 0 unspecified atom stereocenters. The number of carbonyl (C=O) groups excluding carboxylic acids is 1. The van der Waals surface area contributed by atoms with Gasteiger partial charge in [0.2, 0.25) is 15.9 Å². The first-order valence-electron chi connectivity index (χ1n) is 10.7. The Balaban J connectivity index is 1.32. The fourth-order valence-electron chi connectivity index (χ4n) is 4.78. The van der Waals surface area contributed by atoms with Crippen molar-refractivity contribution in [2.24, 2.45) is 5.92 Å². The molecule has 0 aromatic heterocycles. The molecule has 2 heterocycles. The van der Waals surface area contributed by atoms with Crippen molar-refractivity contribution in [2.75, 3.05) is 25.0 Å². The number of piperidine rings is 1. The quantitative estimate of drug-likeness (QED) is 0.790. The highest BCUT2D eigenvalue weighted by Gasteiger charge is 2.27. The number of anilines is 1. The molecule has 0 spiro atoms. The van der Waals surface area contributed by atoms with Crippen molar-refractivity contribution in [2.45, 2.75) is 68.7 Å². The molecule has 0 atom stereocenters. The molecule has 0 radical (unpaired) electrons. The molecule has 4 rings (SSSR count). The smallest absolute Gasteiger partial charge is 0.240 e. The molecule has 2 fully saturated rings. The Kier molecular flexibility index (Phi) is 6.04. The second kappa shape index (κ2) is 8.51. The zero-order chi connectivity index (χ0) is 19.6. The number of carbonyl (C=O) groups is 1. The van der Waals surface area contributed by atoms with Crippen LogP contribution in [-0.4, -0.2) is 44.9 Å². The number of likely N-dealkylation sites (tertiary alicyclic amines) is 1. The van der Waals surface area contributed by atoms with E-state index in [4.69, 9.17) is 0 Å². The molecule has 1 saturated heterocycles. The molecule has 2 aliphatic heterocycles. The third kappa shape index (κ3) is 4.75. The van der Waals surface area contributed by atoms with Gasteiger partial charge in [0.05, 0.1) is 4.90 Å². The molecular formula is C21H31N3O3S. The summed E-state index contributed by atoms with van der Waals surface area (Å²) in [5.74, 6) is 0.819. The van der Waals surface area contributed by atoms with E-state index in [1.165, 1.54) is 38.6 Å². The van der Waals surface area contributed by atoms with E-state index in [0.29, 0.717) is 17.7 Å². The number of nitrogens with zero attached hydrogens (tertiary/aromatic N) is 1. The second-order valence-corrected chi connectivity index (χ2v) is 10.3. The van der Waals surface area contributed by atoms with Gasteiger partial charge in [-0.3, -0.25) is 4.79 Å². The Morgan fingerprint density at radius 1 is 1.04 bits per heavy atom. The van der Waals surface area contributed by atoms with Gasteiger partial charge in [0.25, 0.3) is 0 Å². The van der Waals surface area contributed by atoms with Crippen LogP contribution in [0.15, 0.2) is 23.1 Å². The first kappa shape index (κ1) is 19.9. The van der Waals surface area contributed by atoms with Crippen molar-refractivity contribution >= 4 is 21.6 Å². The van der Waals surface area contributed by atoms with Crippen LogP contribution in [0.1, 0.15) is 56.9 Å². The molecule has 6 nitrogen and oxygen atoms in total. The summed E-state index contributed by atoms with van der Waals surface area (Å²) in [6.07, 6.45) is 9.55. The van der Waals surface area contributed by atoms with Gasteiger partial charge in [-0.1, -0.05) is 19.3 Å². The largest absolute Gasteiger partial charge is 0.326 e. The lowest BCUT2D eigenvalue weighted by Gasteiger charge is -2.35. The molecule has 1 aliphatic carbocycles. The summed E-state index contributed by atoms with van der Waals surface area (Å²) in [6, 6.07) is 5.00. The molecule has 2 N–H and O–H groups in total. The molecule has 0 bridgehead atoms. The van der Waals surface area contributed by atoms with Crippen LogP contribution in [0.2, 0.25) is 0 Å². The van der Waals surface area contributed by atoms with Crippen LogP contribution >= 0.6 is 0 Å². The lowest BCUT2D eigenvalue weighted by Crippen LogP contribution is -2.45. The minimum absolute atomic E-state index is 0.00309. The molecule has 3 aliphatic rings. The molecule has 28 heavy (non-hydrogen) atoms. The number of aryl methyl sites for hydroxylation is 1. The molecule has 1 saturated carbocycles. The number of hydrogen-bond donors (Lipinski definition) is 2. The van der Waals surface area contributed by atoms with E-state index in [0.717, 1.165) is 43.1 Å². The number of sulfonamides is 1. The molecule has 154 valence electrons. The zero-order valence-corrected chi connectivity index (χ0v) is 17.3. The highest BCUT2D eigenvalue weighted by atomic mass is 32.2. The number of fused-ring (bicyclic) bond motifs is 1. The van der Waals surface area contributed by atoms with Crippen LogP contribution in [0.3, 0.4) is 0 Å². The first-order valence-corrected chi connectivity index (χ1v) is 12.2. The average Bonchev–Trinajstić information content (AvgIpc) is 2.69. The average molecular weight is 406 g/mol. The maximum atomic E-state index is 12.8. The highest BCUT2D eigenvalue weighted by Crippen LogP contribution is 2.27. The van der Waals surface area contributed by atoms with Gasteiger partial charge in [0.1, 0.15) is 0 Å². The SMILES string of the molecule is O=C1CCc2cc(S(=O)(=O)NC3CCN(CC4CCCCC4)CC3)ccc2N1. The summed E-state index contributed by atoms with van der Waals surface area (Å²) < 4.78 is 28.6. The summed E-state index contributed by atoms with van der Waals surface area (Å²) in [5.41, 5.74) is 1.62. The predicted octanol–water partition coefficient (Wildman–Crippen LogP) is 2.89. The van der Waals surface area contributed by atoms with Gasteiger partial charge >= 0.3 is 0 Å². The predicted molar refractivity (Wildman–Crippen MR) is 110 cm³/mol. The number of amides is 1. The van der Waals surface area contributed by atoms with Crippen LogP contribution in [0, 0.1) is 5.92 Å². The third-order valence-corrected chi connectivity index (χ3v) is 7.95. The Morgan fingerprint density at radius 2 is 1.79 bits per heavy atom. The van der Waals surface area contributed by atoms with Crippen molar-refractivity contribution in [3.63, 3.8) is 0 Å². The highest BCUT2D eigenvalue weighted by molar-refractivity contribution is 7.89. The van der Waals surface area contributed by atoms with Gasteiger partial charge in [-0.15, -0.1) is 0 Å². The van der Waals surface area contributed by atoms with Gasteiger partial charge in [-0.05, 0) is 74.9 Å². The molecule has 7 heteroatoms. The van der Waals surface area contributed by atoms with E-state index in [1.54, 1.807) is 18.2 Å². The Bertz CT molecular complexity index is 810. The monoisotopic (exact) mass is 405 g/mol. The van der Waals surface area contributed by atoms with Crippen LogP contribution in [0.4, 0.5) is 5.69 Å². The Morgan fingerprint density at radius 3 is 2.54 bits per heavy atom. The van der Waals surface area contributed by atoms with Crippen LogP contribution in [0.25, 0.3) is 0 Å². The van der Waals surface area contributed by atoms with E-state index in [-0.39, 0.29) is 11.9 Å². The standard InChI is InChI=1S/C21H31N3O3S/c25-21-9-6-17-14-19(7-8-20(17)22-21)28(26,27)23-18-10-12-24(13-11-18)15-16-4-2-1-3-5-16/h7-8,14,16,18,23H,1-6,9-13,15H2,(H,22,25). The Labute approximate surface area is 168 Å². The summed E-state index contributed by atoms with van der Waals surface area (Å²) >= 11 is 0. The van der Waals surface area contributed by atoms with Crippen molar-refractivity contribution in [3.05, 3.63) is 23.8 Å². The van der Waals surface area contributed by atoms with E-state index in [2.05, 4.69) is 14.9 Å². The van der Waals surface area contributed by atoms with Gasteiger partial charge in [0, 0.05) is 24.7 Å². The number of hydrogen-bond acceptors (Lipinski definition) is 4. The zero-order valence-electron chi connectivity index (χ0n) is 16.5. The fourth-order valence-corrected chi connectivity index (χ4v) is 6.14. The van der Waals surface area contributed by atoms with Crippen molar-refractivity contribution in [3.8, 4) is 0 Å². The Hall–Kier alpha value is -1.44. The van der Waals surface area contributed by atoms with Gasteiger partial charge in [0.15, 0.2) is 0 Å². The summed E-state index contributed by atoms with van der Waals surface area (Å²) in [5, 5.41) is 2.80. The maximum absolute atomic E-state index is 12.8. The number of rotatable bonds is 5. The molecule has 1 aromatic rings. The summed E-state index contributed by atoms with van der Waals surface area (Å²) in [6.45, 7) is 3.12.